The van der Waals surface area contributed by atoms with E-state index < -0.39 is 0 Å². The molecule has 1 heteroatoms. The van der Waals surface area contributed by atoms with Gasteiger partial charge in [0.1, 0.15) is 0 Å². The molecule has 0 atom stereocenters. The van der Waals surface area contributed by atoms with Gasteiger partial charge in [0, 0.05) is 13.2 Å². The summed E-state index contributed by atoms with van der Waals surface area (Å²) in [5.74, 6) is 0.911. The number of hydrogen-bond acceptors (Lipinski definition) is 1. The van der Waals surface area contributed by atoms with Gasteiger partial charge in [-0.1, -0.05) is 70.5 Å². The van der Waals surface area contributed by atoms with Gasteiger partial charge in [0.05, 0.1) is 0 Å². The minimum absolute atomic E-state index is 0.911. The summed E-state index contributed by atoms with van der Waals surface area (Å²) >= 11 is 0. The molecule has 2 rings (SSSR count). The lowest BCUT2D eigenvalue weighted by Crippen LogP contribution is -2.12. The number of hydrogen-bond donors (Lipinski definition) is 0. The molecule has 1 heterocycles. The zero-order valence-corrected chi connectivity index (χ0v) is 13.2. The second-order valence-corrected chi connectivity index (χ2v) is 3.95. The van der Waals surface area contributed by atoms with Gasteiger partial charge in [0.15, 0.2) is 0 Å². The molecule has 18 heavy (non-hydrogen) atoms. The Bertz CT molecular complexity index is 225. The maximum atomic E-state index is 5.14. The number of ether oxygens (including phenoxy) is 1. The molecule has 1 aromatic rings. The highest BCUT2D eigenvalue weighted by Crippen LogP contribution is 2.11. The Morgan fingerprint density at radius 3 is 1.56 bits per heavy atom. The molecule has 1 nitrogen and oxygen atoms in total. The standard InChI is InChI=1S/C7H8.C6H12O.2C2H6/c1-7-5-3-2-4-6-7;1-6-2-4-7-5-3-6;2*1-2/h2-6H,1H3;6H,2-5H2,1H3;2*1-2H3. The third kappa shape index (κ3) is 13.2. The van der Waals surface area contributed by atoms with Gasteiger partial charge in [-0.2, -0.15) is 0 Å². The molecule has 0 amide bonds. The molecule has 0 aliphatic carbocycles. The van der Waals surface area contributed by atoms with Crippen molar-refractivity contribution in [2.24, 2.45) is 5.92 Å². The van der Waals surface area contributed by atoms with Crippen molar-refractivity contribution in [1.29, 1.82) is 0 Å². The van der Waals surface area contributed by atoms with Crippen LogP contribution in [0.25, 0.3) is 0 Å². The fraction of sp³-hybridized carbons (Fsp3) is 0.647. The van der Waals surface area contributed by atoms with Crippen molar-refractivity contribution in [3.05, 3.63) is 35.9 Å². The molecule has 0 radical (unpaired) electrons. The zero-order chi connectivity index (χ0) is 14.2. The second kappa shape index (κ2) is 16.2. The molecule has 0 aromatic heterocycles. The summed E-state index contributed by atoms with van der Waals surface area (Å²) in [4.78, 5) is 0. The maximum absolute atomic E-state index is 5.14. The zero-order valence-electron chi connectivity index (χ0n) is 13.2. The van der Waals surface area contributed by atoms with Crippen molar-refractivity contribution in [2.45, 2.75) is 54.4 Å². The van der Waals surface area contributed by atoms with Crippen LogP contribution in [-0.2, 0) is 4.74 Å². The fourth-order valence-electron chi connectivity index (χ4n) is 1.35. The van der Waals surface area contributed by atoms with Gasteiger partial charge in [-0.05, 0) is 25.7 Å². The van der Waals surface area contributed by atoms with Gasteiger partial charge < -0.3 is 4.74 Å². The van der Waals surface area contributed by atoms with Crippen molar-refractivity contribution in [3.63, 3.8) is 0 Å². The van der Waals surface area contributed by atoms with Crippen LogP contribution < -0.4 is 0 Å². The molecule has 1 fully saturated rings. The average Bonchev–Trinajstić information content (AvgIpc) is 2.46. The minimum Gasteiger partial charge on any atom is -0.381 e. The molecule has 0 N–H and O–H groups in total. The highest BCUT2D eigenvalue weighted by atomic mass is 16.5. The van der Waals surface area contributed by atoms with E-state index in [4.69, 9.17) is 4.74 Å². The lowest BCUT2D eigenvalue weighted by Gasteiger charge is -2.16. The topological polar surface area (TPSA) is 9.23 Å². The van der Waals surface area contributed by atoms with Gasteiger partial charge >= 0.3 is 0 Å². The van der Waals surface area contributed by atoms with Gasteiger partial charge in [-0.15, -0.1) is 0 Å². The van der Waals surface area contributed by atoms with E-state index in [1.54, 1.807) is 0 Å². The van der Waals surface area contributed by atoms with Crippen molar-refractivity contribution in [2.75, 3.05) is 13.2 Å². The second-order valence-electron chi connectivity index (χ2n) is 3.95. The lowest BCUT2D eigenvalue weighted by molar-refractivity contribution is 0.0716. The summed E-state index contributed by atoms with van der Waals surface area (Å²) in [6.07, 6.45) is 2.53. The van der Waals surface area contributed by atoms with Gasteiger partial charge in [0.25, 0.3) is 0 Å². The molecule has 1 aliphatic heterocycles. The van der Waals surface area contributed by atoms with Gasteiger partial charge in [-0.3, -0.25) is 0 Å². The summed E-state index contributed by atoms with van der Waals surface area (Å²) in [5, 5.41) is 0. The first kappa shape index (κ1) is 19.5. The molecule has 0 bridgehead atoms. The van der Waals surface area contributed by atoms with Crippen molar-refractivity contribution in [1.82, 2.24) is 0 Å². The Labute approximate surface area is 115 Å². The fourth-order valence-corrected chi connectivity index (χ4v) is 1.35. The van der Waals surface area contributed by atoms with E-state index >= 15 is 0 Å². The number of benzene rings is 1. The van der Waals surface area contributed by atoms with Crippen LogP contribution in [0.3, 0.4) is 0 Å². The Kier molecular flexibility index (Phi) is 17.5. The molecule has 1 aromatic carbocycles. The van der Waals surface area contributed by atoms with Gasteiger partial charge in [0.2, 0.25) is 0 Å². The van der Waals surface area contributed by atoms with E-state index in [1.165, 1.54) is 18.4 Å². The Balaban J connectivity index is 0. The third-order valence-electron chi connectivity index (χ3n) is 2.45. The molecule has 0 saturated carbocycles. The third-order valence-corrected chi connectivity index (χ3v) is 2.45. The smallest absolute Gasteiger partial charge is 0.0468 e. The van der Waals surface area contributed by atoms with Gasteiger partial charge in [-0.25, -0.2) is 0 Å². The van der Waals surface area contributed by atoms with Crippen LogP contribution in [-0.4, -0.2) is 13.2 Å². The first-order valence-corrected chi connectivity index (χ1v) is 7.38. The van der Waals surface area contributed by atoms with Crippen molar-refractivity contribution < 1.29 is 4.74 Å². The summed E-state index contributed by atoms with van der Waals surface area (Å²) in [7, 11) is 0. The lowest BCUT2D eigenvalue weighted by atomic mass is 10.0. The normalized spacial score (nSPS) is 13.9. The van der Waals surface area contributed by atoms with Crippen molar-refractivity contribution in [3.8, 4) is 0 Å². The first-order valence-electron chi connectivity index (χ1n) is 7.38. The monoisotopic (exact) mass is 252 g/mol. The largest absolute Gasteiger partial charge is 0.381 e. The number of rotatable bonds is 0. The SMILES string of the molecule is CC.CC.CC1CCOCC1.Cc1ccccc1. The molecular weight excluding hydrogens is 220 g/mol. The Morgan fingerprint density at radius 1 is 0.889 bits per heavy atom. The van der Waals surface area contributed by atoms with Crippen LogP contribution in [0.5, 0.6) is 0 Å². The maximum Gasteiger partial charge on any atom is 0.0468 e. The highest BCUT2D eigenvalue weighted by Gasteiger charge is 2.06. The van der Waals surface area contributed by atoms with Crippen LogP contribution in [0.4, 0.5) is 0 Å². The molecular formula is C17H32O. The molecule has 1 saturated heterocycles. The van der Waals surface area contributed by atoms with E-state index in [-0.39, 0.29) is 0 Å². The van der Waals surface area contributed by atoms with Crippen LogP contribution >= 0.6 is 0 Å². The summed E-state index contributed by atoms with van der Waals surface area (Å²) in [6, 6.07) is 10.3. The predicted octanol–water partition coefficient (Wildman–Crippen LogP) is 5.48. The molecule has 1 aliphatic rings. The summed E-state index contributed by atoms with van der Waals surface area (Å²) < 4.78 is 5.14. The van der Waals surface area contributed by atoms with E-state index in [1.807, 2.05) is 45.9 Å². The molecule has 0 spiro atoms. The van der Waals surface area contributed by atoms with Crippen LogP contribution in [0, 0.1) is 12.8 Å². The Hall–Kier alpha value is -0.820. The van der Waals surface area contributed by atoms with Crippen LogP contribution in [0.2, 0.25) is 0 Å². The quantitative estimate of drug-likeness (QED) is 0.594. The summed E-state index contributed by atoms with van der Waals surface area (Å²) in [6.45, 7) is 14.3. The first-order chi connectivity index (χ1) is 8.79. The van der Waals surface area contributed by atoms with E-state index in [0.717, 1.165) is 19.1 Å². The Morgan fingerprint density at radius 2 is 1.33 bits per heavy atom. The van der Waals surface area contributed by atoms with Crippen molar-refractivity contribution >= 4 is 0 Å². The van der Waals surface area contributed by atoms with E-state index in [0.29, 0.717) is 0 Å². The summed E-state index contributed by atoms with van der Waals surface area (Å²) in [5.41, 5.74) is 1.32. The molecule has 106 valence electrons. The van der Waals surface area contributed by atoms with E-state index in [9.17, 15) is 0 Å². The van der Waals surface area contributed by atoms with Crippen LogP contribution in [0.15, 0.2) is 30.3 Å². The number of aryl methyl sites for hydroxylation is 1. The van der Waals surface area contributed by atoms with E-state index in [2.05, 4.69) is 26.0 Å². The highest BCUT2D eigenvalue weighted by molar-refractivity contribution is 5.11. The predicted molar refractivity (Wildman–Crippen MR) is 83.1 cm³/mol. The minimum atomic E-state index is 0.911. The molecule has 0 unspecified atom stereocenters. The average molecular weight is 252 g/mol. The van der Waals surface area contributed by atoms with Crippen LogP contribution in [0.1, 0.15) is 53.0 Å².